The molecular formula is C21H19N3O4. The van der Waals surface area contributed by atoms with Crippen molar-refractivity contribution in [2.45, 2.75) is 0 Å². The number of phenols is 1. The largest absolute Gasteiger partial charge is 0.508 e. The summed E-state index contributed by atoms with van der Waals surface area (Å²) in [4.78, 5) is 0. The van der Waals surface area contributed by atoms with Gasteiger partial charge in [0.2, 0.25) is 5.75 Å². The Labute approximate surface area is 161 Å². The van der Waals surface area contributed by atoms with Gasteiger partial charge in [-0.05, 0) is 47.5 Å². The molecule has 4 rings (SSSR count). The van der Waals surface area contributed by atoms with Crippen LogP contribution in [-0.2, 0) is 0 Å². The van der Waals surface area contributed by atoms with Gasteiger partial charge >= 0.3 is 0 Å². The summed E-state index contributed by atoms with van der Waals surface area (Å²) in [7, 11) is 4.72. The first-order valence-corrected chi connectivity index (χ1v) is 8.59. The Morgan fingerprint density at radius 2 is 1.39 bits per heavy atom. The van der Waals surface area contributed by atoms with Crippen molar-refractivity contribution in [1.29, 1.82) is 0 Å². The molecule has 28 heavy (non-hydrogen) atoms. The van der Waals surface area contributed by atoms with Crippen LogP contribution in [0.25, 0.3) is 28.2 Å². The second-order valence-electron chi connectivity index (χ2n) is 6.13. The van der Waals surface area contributed by atoms with E-state index in [4.69, 9.17) is 14.2 Å². The van der Waals surface area contributed by atoms with Crippen molar-refractivity contribution < 1.29 is 19.3 Å². The Kier molecular flexibility index (Phi) is 4.49. The Balaban J connectivity index is 1.87. The minimum atomic E-state index is 0.229. The number of hydrogen-bond donors (Lipinski definition) is 1. The van der Waals surface area contributed by atoms with E-state index in [1.54, 1.807) is 33.5 Å². The number of fused-ring (bicyclic) bond motifs is 1. The lowest BCUT2D eigenvalue weighted by atomic mass is 10.1. The van der Waals surface area contributed by atoms with E-state index in [1.807, 2.05) is 47.0 Å². The molecule has 0 unspecified atom stereocenters. The molecule has 0 fully saturated rings. The van der Waals surface area contributed by atoms with Gasteiger partial charge in [-0.3, -0.25) is 4.40 Å². The molecular weight excluding hydrogens is 358 g/mol. The highest BCUT2D eigenvalue weighted by Crippen LogP contribution is 2.41. The Morgan fingerprint density at radius 3 is 2.00 bits per heavy atom. The summed E-state index contributed by atoms with van der Waals surface area (Å²) < 4.78 is 18.2. The number of rotatable bonds is 5. The standard InChI is InChI=1S/C21H19N3O4/c1-26-17-10-15(11-18(27-2)20(17)28-3)21-23-22-19-9-6-14(12-24(19)21)13-4-7-16(25)8-5-13/h4-12,25H,1-3H3. The van der Waals surface area contributed by atoms with Gasteiger partial charge in [-0.25, -0.2) is 0 Å². The molecule has 0 aliphatic rings. The van der Waals surface area contributed by atoms with E-state index in [0.29, 0.717) is 28.7 Å². The van der Waals surface area contributed by atoms with Crippen LogP contribution in [0.1, 0.15) is 0 Å². The summed E-state index contributed by atoms with van der Waals surface area (Å²) >= 11 is 0. The van der Waals surface area contributed by atoms with Crippen molar-refractivity contribution in [1.82, 2.24) is 14.6 Å². The molecule has 0 aliphatic carbocycles. The van der Waals surface area contributed by atoms with Crippen LogP contribution in [0.3, 0.4) is 0 Å². The topological polar surface area (TPSA) is 78.1 Å². The second kappa shape index (κ2) is 7.11. The normalized spacial score (nSPS) is 10.8. The first-order chi connectivity index (χ1) is 13.6. The third kappa shape index (κ3) is 2.96. The van der Waals surface area contributed by atoms with Gasteiger partial charge in [0.05, 0.1) is 21.3 Å². The van der Waals surface area contributed by atoms with Gasteiger partial charge in [0.25, 0.3) is 0 Å². The summed E-state index contributed by atoms with van der Waals surface area (Å²) in [5, 5.41) is 18.1. The van der Waals surface area contributed by atoms with Crippen LogP contribution in [0, 0.1) is 0 Å². The predicted octanol–water partition coefficient (Wildman–Crippen LogP) is 3.79. The smallest absolute Gasteiger partial charge is 0.203 e. The van der Waals surface area contributed by atoms with E-state index in [2.05, 4.69) is 10.2 Å². The number of benzene rings is 2. The highest BCUT2D eigenvalue weighted by molar-refractivity contribution is 5.71. The third-order valence-electron chi connectivity index (χ3n) is 4.53. The lowest BCUT2D eigenvalue weighted by Gasteiger charge is -2.13. The third-order valence-corrected chi connectivity index (χ3v) is 4.53. The van der Waals surface area contributed by atoms with Crippen LogP contribution in [0.5, 0.6) is 23.0 Å². The first kappa shape index (κ1) is 17.7. The zero-order valence-electron chi connectivity index (χ0n) is 15.7. The SMILES string of the molecule is COc1cc(-c2nnc3ccc(-c4ccc(O)cc4)cn23)cc(OC)c1OC. The number of phenolic OH excluding ortho intramolecular Hbond substituents is 1. The highest BCUT2D eigenvalue weighted by Gasteiger charge is 2.17. The quantitative estimate of drug-likeness (QED) is 0.570. The fraction of sp³-hybridized carbons (Fsp3) is 0.143. The molecule has 2 heterocycles. The van der Waals surface area contributed by atoms with Gasteiger partial charge in [0.1, 0.15) is 5.75 Å². The molecule has 2 aromatic heterocycles. The summed E-state index contributed by atoms with van der Waals surface area (Å²) in [6.07, 6.45) is 1.96. The molecule has 142 valence electrons. The lowest BCUT2D eigenvalue weighted by molar-refractivity contribution is 0.324. The molecule has 7 nitrogen and oxygen atoms in total. The maximum Gasteiger partial charge on any atom is 0.203 e. The minimum absolute atomic E-state index is 0.229. The monoisotopic (exact) mass is 377 g/mol. The van der Waals surface area contributed by atoms with Crippen molar-refractivity contribution >= 4 is 5.65 Å². The molecule has 0 radical (unpaired) electrons. The molecule has 0 spiro atoms. The van der Waals surface area contributed by atoms with E-state index in [9.17, 15) is 5.11 Å². The van der Waals surface area contributed by atoms with Crippen molar-refractivity contribution in [2.24, 2.45) is 0 Å². The van der Waals surface area contributed by atoms with Crippen LogP contribution >= 0.6 is 0 Å². The number of hydrogen-bond acceptors (Lipinski definition) is 6. The molecule has 1 N–H and O–H groups in total. The van der Waals surface area contributed by atoms with Crippen LogP contribution in [0.4, 0.5) is 0 Å². The van der Waals surface area contributed by atoms with Crippen molar-refractivity contribution in [3.8, 4) is 45.5 Å². The van der Waals surface area contributed by atoms with Crippen LogP contribution < -0.4 is 14.2 Å². The second-order valence-corrected chi connectivity index (χ2v) is 6.13. The average molecular weight is 377 g/mol. The Hall–Kier alpha value is -3.74. The van der Waals surface area contributed by atoms with Gasteiger partial charge in [-0.1, -0.05) is 12.1 Å². The van der Waals surface area contributed by atoms with Crippen LogP contribution in [0.2, 0.25) is 0 Å². The van der Waals surface area contributed by atoms with Gasteiger partial charge in [-0.2, -0.15) is 0 Å². The molecule has 0 bridgehead atoms. The van der Waals surface area contributed by atoms with Gasteiger partial charge in [0, 0.05) is 11.8 Å². The average Bonchev–Trinajstić information content (AvgIpc) is 3.16. The van der Waals surface area contributed by atoms with E-state index >= 15 is 0 Å². The highest BCUT2D eigenvalue weighted by atomic mass is 16.5. The van der Waals surface area contributed by atoms with Gasteiger partial charge in [0.15, 0.2) is 23.0 Å². The number of pyridine rings is 1. The maximum atomic E-state index is 9.52. The molecule has 2 aromatic carbocycles. The zero-order valence-corrected chi connectivity index (χ0v) is 15.7. The molecule has 4 aromatic rings. The lowest BCUT2D eigenvalue weighted by Crippen LogP contribution is -1.97. The zero-order chi connectivity index (χ0) is 19.7. The molecule has 0 saturated heterocycles. The van der Waals surface area contributed by atoms with Crippen molar-refractivity contribution in [3.05, 3.63) is 54.7 Å². The van der Waals surface area contributed by atoms with Crippen LogP contribution in [0.15, 0.2) is 54.7 Å². The molecule has 0 atom stereocenters. The van der Waals surface area contributed by atoms with Gasteiger partial charge < -0.3 is 19.3 Å². The summed E-state index contributed by atoms with van der Waals surface area (Å²) in [6, 6.07) is 14.6. The van der Waals surface area contributed by atoms with Crippen molar-refractivity contribution in [2.75, 3.05) is 21.3 Å². The van der Waals surface area contributed by atoms with Gasteiger partial charge in [-0.15, -0.1) is 10.2 Å². The molecule has 0 aliphatic heterocycles. The fourth-order valence-corrected chi connectivity index (χ4v) is 3.12. The van der Waals surface area contributed by atoms with E-state index in [0.717, 1.165) is 16.7 Å². The number of aromatic nitrogens is 3. The first-order valence-electron chi connectivity index (χ1n) is 8.59. The number of ether oxygens (including phenoxy) is 3. The number of aromatic hydroxyl groups is 1. The summed E-state index contributed by atoms with van der Waals surface area (Å²) in [5.41, 5.74) is 3.45. The predicted molar refractivity (Wildman–Crippen MR) is 105 cm³/mol. The number of nitrogens with zero attached hydrogens (tertiary/aromatic N) is 3. The summed E-state index contributed by atoms with van der Waals surface area (Å²) in [5.74, 6) is 2.49. The molecule has 0 amide bonds. The molecule has 0 saturated carbocycles. The molecule has 7 heteroatoms. The fourth-order valence-electron chi connectivity index (χ4n) is 3.12. The van der Waals surface area contributed by atoms with Crippen LogP contribution in [-0.4, -0.2) is 41.0 Å². The van der Waals surface area contributed by atoms with E-state index in [-0.39, 0.29) is 5.75 Å². The minimum Gasteiger partial charge on any atom is -0.508 e. The van der Waals surface area contributed by atoms with E-state index in [1.165, 1.54) is 0 Å². The maximum absolute atomic E-state index is 9.52. The number of methoxy groups -OCH3 is 3. The van der Waals surface area contributed by atoms with Crippen molar-refractivity contribution in [3.63, 3.8) is 0 Å². The Morgan fingerprint density at radius 1 is 0.750 bits per heavy atom. The van der Waals surface area contributed by atoms with E-state index < -0.39 is 0 Å². The summed E-state index contributed by atoms with van der Waals surface area (Å²) in [6.45, 7) is 0. The Bertz CT molecular complexity index is 1110.